The Hall–Kier alpha value is -2.99. The van der Waals surface area contributed by atoms with Gasteiger partial charge in [-0.05, 0) is 50.2 Å². The van der Waals surface area contributed by atoms with Crippen LogP contribution in [-0.4, -0.2) is 22.9 Å². The number of benzene rings is 1. The van der Waals surface area contributed by atoms with E-state index in [-0.39, 0.29) is 23.7 Å². The lowest BCUT2D eigenvalue weighted by Crippen LogP contribution is -2.17. The van der Waals surface area contributed by atoms with Crippen molar-refractivity contribution >= 4 is 23.3 Å². The molecule has 2 aromatic heterocycles. The van der Waals surface area contributed by atoms with E-state index in [4.69, 9.17) is 26.5 Å². The number of nitrogens with zero attached hydrogens (tertiary/aromatic N) is 1. The van der Waals surface area contributed by atoms with Crippen molar-refractivity contribution < 1.29 is 18.7 Å². The molecule has 0 atom stereocenters. The Morgan fingerprint density at radius 1 is 1.19 bits per heavy atom. The predicted molar refractivity (Wildman–Crippen MR) is 102 cm³/mol. The van der Waals surface area contributed by atoms with E-state index < -0.39 is 5.91 Å². The molecule has 0 aliphatic heterocycles. The number of rotatable bonds is 7. The minimum atomic E-state index is -0.670. The first-order valence-corrected chi connectivity index (χ1v) is 8.69. The third-order valence-electron chi connectivity index (χ3n) is 4.33. The number of primary amides is 1. The predicted octanol–water partition coefficient (Wildman–Crippen LogP) is 3.76. The number of aryl methyl sites for hydroxylation is 1. The van der Waals surface area contributed by atoms with Gasteiger partial charge in [-0.25, -0.2) is 0 Å². The van der Waals surface area contributed by atoms with Crippen LogP contribution in [0.4, 0.5) is 0 Å². The summed E-state index contributed by atoms with van der Waals surface area (Å²) in [6, 6.07) is 10.0. The maximum absolute atomic E-state index is 12.7. The lowest BCUT2D eigenvalue weighted by atomic mass is 10.1. The number of furan rings is 1. The number of carbonyl (C=O) groups excluding carboxylic acids is 2. The van der Waals surface area contributed by atoms with Gasteiger partial charge < -0.3 is 19.5 Å². The topological polar surface area (TPSA) is 87.5 Å². The average molecular weight is 387 g/mol. The van der Waals surface area contributed by atoms with Gasteiger partial charge in [-0.1, -0.05) is 11.6 Å². The second-order valence-corrected chi connectivity index (χ2v) is 6.60. The van der Waals surface area contributed by atoms with Crippen LogP contribution in [0, 0.1) is 13.8 Å². The molecule has 27 heavy (non-hydrogen) atoms. The molecule has 1 aromatic carbocycles. The van der Waals surface area contributed by atoms with E-state index in [1.54, 1.807) is 12.3 Å². The van der Waals surface area contributed by atoms with E-state index in [0.717, 1.165) is 17.1 Å². The van der Waals surface area contributed by atoms with E-state index in [0.29, 0.717) is 17.1 Å². The van der Waals surface area contributed by atoms with Crippen molar-refractivity contribution in [3.8, 4) is 5.75 Å². The maximum Gasteiger partial charge on any atom is 0.252 e. The van der Waals surface area contributed by atoms with Gasteiger partial charge in [0, 0.05) is 22.0 Å². The fourth-order valence-corrected chi connectivity index (χ4v) is 3.10. The number of carbonyl (C=O) groups is 2. The highest BCUT2D eigenvalue weighted by atomic mass is 35.5. The minimum Gasteiger partial charge on any atom is -0.485 e. The molecule has 1 amide bonds. The molecular formula is C20H19ClN2O4. The molecule has 0 saturated carbocycles. The summed E-state index contributed by atoms with van der Waals surface area (Å²) in [5.41, 5.74) is 7.80. The number of hydrogen-bond acceptors (Lipinski definition) is 4. The first kappa shape index (κ1) is 18.8. The zero-order chi connectivity index (χ0) is 19.6. The maximum atomic E-state index is 12.7. The number of amides is 1. The highest BCUT2D eigenvalue weighted by Crippen LogP contribution is 2.23. The molecule has 3 rings (SSSR count). The molecule has 6 nitrogen and oxygen atoms in total. The summed E-state index contributed by atoms with van der Waals surface area (Å²) in [7, 11) is 0. The SMILES string of the molecule is Cc1cc(C(=O)COc2ccc(Cl)cc2C(N)=O)c(C)n1Cc1ccco1. The Kier molecular flexibility index (Phi) is 5.37. The normalized spacial score (nSPS) is 10.8. The van der Waals surface area contributed by atoms with Gasteiger partial charge in [0.2, 0.25) is 5.78 Å². The van der Waals surface area contributed by atoms with Crippen LogP contribution >= 0.6 is 11.6 Å². The van der Waals surface area contributed by atoms with Crippen molar-refractivity contribution in [1.82, 2.24) is 4.57 Å². The van der Waals surface area contributed by atoms with Crippen molar-refractivity contribution in [3.05, 3.63) is 76.0 Å². The lowest BCUT2D eigenvalue weighted by molar-refractivity contribution is 0.0911. The van der Waals surface area contributed by atoms with Crippen LogP contribution in [0.15, 0.2) is 47.1 Å². The van der Waals surface area contributed by atoms with Crippen molar-refractivity contribution in [2.24, 2.45) is 5.73 Å². The molecular weight excluding hydrogens is 368 g/mol. The summed E-state index contributed by atoms with van der Waals surface area (Å²) in [4.78, 5) is 24.2. The van der Waals surface area contributed by atoms with Crippen LogP contribution in [0.5, 0.6) is 5.75 Å². The third kappa shape index (κ3) is 4.06. The zero-order valence-corrected chi connectivity index (χ0v) is 15.7. The van der Waals surface area contributed by atoms with Gasteiger partial charge in [0.1, 0.15) is 11.5 Å². The summed E-state index contributed by atoms with van der Waals surface area (Å²) in [6.07, 6.45) is 1.62. The van der Waals surface area contributed by atoms with Gasteiger partial charge in [0.25, 0.3) is 5.91 Å². The van der Waals surface area contributed by atoms with E-state index >= 15 is 0 Å². The Morgan fingerprint density at radius 3 is 2.63 bits per heavy atom. The summed E-state index contributed by atoms with van der Waals surface area (Å²) in [6.45, 7) is 4.13. The van der Waals surface area contributed by atoms with Crippen LogP contribution in [-0.2, 0) is 6.54 Å². The van der Waals surface area contributed by atoms with Crippen molar-refractivity contribution in [3.63, 3.8) is 0 Å². The Morgan fingerprint density at radius 2 is 1.96 bits per heavy atom. The van der Waals surface area contributed by atoms with Crippen LogP contribution in [0.3, 0.4) is 0 Å². The number of halogens is 1. The molecule has 0 radical (unpaired) electrons. The van der Waals surface area contributed by atoms with E-state index in [9.17, 15) is 9.59 Å². The van der Waals surface area contributed by atoms with Crippen molar-refractivity contribution in [2.75, 3.05) is 6.61 Å². The van der Waals surface area contributed by atoms with Gasteiger partial charge in [-0.15, -0.1) is 0 Å². The van der Waals surface area contributed by atoms with E-state index in [1.807, 2.05) is 36.6 Å². The number of hydrogen-bond donors (Lipinski definition) is 1. The summed E-state index contributed by atoms with van der Waals surface area (Å²) in [5, 5.41) is 0.365. The minimum absolute atomic E-state index is 0.138. The summed E-state index contributed by atoms with van der Waals surface area (Å²) < 4.78 is 12.9. The fraction of sp³-hybridized carbons (Fsp3) is 0.200. The number of Topliss-reactive ketones (excluding diaryl/α,β-unsaturated/α-hetero) is 1. The van der Waals surface area contributed by atoms with Crippen molar-refractivity contribution in [1.29, 1.82) is 0 Å². The molecule has 0 unspecified atom stereocenters. The fourth-order valence-electron chi connectivity index (χ4n) is 2.93. The number of ketones is 1. The molecule has 0 fully saturated rings. The smallest absolute Gasteiger partial charge is 0.252 e. The van der Waals surface area contributed by atoms with Crippen LogP contribution < -0.4 is 10.5 Å². The monoisotopic (exact) mass is 386 g/mol. The standard InChI is InChI=1S/C20H19ClN2O4/c1-12-8-16(13(2)23(12)10-15-4-3-7-26-15)18(24)11-27-19-6-5-14(21)9-17(19)20(22)25/h3-9H,10-11H2,1-2H3,(H2,22,25). The first-order chi connectivity index (χ1) is 12.9. The molecule has 0 saturated heterocycles. The molecule has 140 valence electrons. The quantitative estimate of drug-likeness (QED) is 0.626. The number of nitrogens with two attached hydrogens (primary N) is 1. The zero-order valence-electron chi connectivity index (χ0n) is 15.0. The Balaban J connectivity index is 1.77. The number of aromatic nitrogens is 1. The molecule has 0 spiro atoms. The first-order valence-electron chi connectivity index (χ1n) is 8.31. The number of ether oxygens (including phenoxy) is 1. The summed E-state index contributed by atoms with van der Waals surface area (Å²) >= 11 is 5.88. The van der Waals surface area contributed by atoms with Gasteiger partial charge in [0.15, 0.2) is 6.61 Å². The highest BCUT2D eigenvalue weighted by Gasteiger charge is 2.18. The van der Waals surface area contributed by atoms with E-state index in [2.05, 4.69) is 0 Å². The second-order valence-electron chi connectivity index (χ2n) is 6.17. The molecule has 0 aliphatic carbocycles. The van der Waals surface area contributed by atoms with Gasteiger partial charge in [0.05, 0.1) is 18.4 Å². The molecule has 3 aromatic rings. The van der Waals surface area contributed by atoms with Crippen LogP contribution in [0.1, 0.15) is 37.9 Å². The van der Waals surface area contributed by atoms with E-state index in [1.165, 1.54) is 12.1 Å². The largest absolute Gasteiger partial charge is 0.485 e. The Bertz CT molecular complexity index is 990. The third-order valence-corrected chi connectivity index (χ3v) is 4.57. The molecule has 0 bridgehead atoms. The van der Waals surface area contributed by atoms with Gasteiger partial charge in [-0.2, -0.15) is 0 Å². The lowest BCUT2D eigenvalue weighted by Gasteiger charge is -2.10. The van der Waals surface area contributed by atoms with Gasteiger partial charge >= 0.3 is 0 Å². The summed E-state index contributed by atoms with van der Waals surface area (Å²) in [5.74, 6) is 0.166. The van der Waals surface area contributed by atoms with Crippen LogP contribution in [0.2, 0.25) is 5.02 Å². The van der Waals surface area contributed by atoms with Crippen molar-refractivity contribution in [2.45, 2.75) is 20.4 Å². The van der Waals surface area contributed by atoms with Crippen LogP contribution in [0.25, 0.3) is 0 Å². The second kappa shape index (κ2) is 7.72. The highest BCUT2D eigenvalue weighted by molar-refractivity contribution is 6.31. The van der Waals surface area contributed by atoms with Gasteiger partial charge in [-0.3, -0.25) is 9.59 Å². The molecule has 2 heterocycles. The Labute approximate surface area is 161 Å². The molecule has 0 aliphatic rings. The molecule has 2 N–H and O–H groups in total. The average Bonchev–Trinajstić information content (AvgIpc) is 3.24. The molecule has 7 heteroatoms.